The van der Waals surface area contributed by atoms with Gasteiger partial charge < -0.3 is 10.6 Å². The van der Waals surface area contributed by atoms with E-state index in [2.05, 4.69) is 10.6 Å². The largest absolute Gasteiger partial charge is 0.345 e. The van der Waals surface area contributed by atoms with E-state index in [1.807, 2.05) is 0 Å². The summed E-state index contributed by atoms with van der Waals surface area (Å²) in [4.78, 5) is 23.2. The van der Waals surface area contributed by atoms with Gasteiger partial charge in [-0.1, -0.05) is 11.6 Å². The average Bonchev–Trinajstić information content (AvgIpc) is 2.35. The quantitative estimate of drug-likeness (QED) is 0.819. The van der Waals surface area contributed by atoms with E-state index in [-0.39, 0.29) is 12.2 Å². The number of nitrogens with one attached hydrogen (secondary N) is 2. The fourth-order valence-corrected chi connectivity index (χ4v) is 2.40. The monoisotopic (exact) mass is 332 g/mol. The van der Waals surface area contributed by atoms with Crippen molar-refractivity contribution in [3.63, 3.8) is 0 Å². The van der Waals surface area contributed by atoms with Crippen LogP contribution >= 0.6 is 11.6 Å². The van der Waals surface area contributed by atoms with Crippen LogP contribution in [0.3, 0.4) is 0 Å². The number of halogens is 1. The summed E-state index contributed by atoms with van der Waals surface area (Å²) in [5.74, 6) is -1.07. The molecule has 116 valence electrons. The second-order valence-electron chi connectivity index (χ2n) is 4.67. The van der Waals surface area contributed by atoms with Crippen LogP contribution in [0.2, 0.25) is 5.02 Å². The highest BCUT2D eigenvalue weighted by Crippen LogP contribution is 2.14. The molecule has 0 spiro atoms. The lowest BCUT2D eigenvalue weighted by Gasteiger charge is -2.17. The van der Waals surface area contributed by atoms with Gasteiger partial charge in [0, 0.05) is 23.9 Å². The zero-order valence-electron chi connectivity index (χ0n) is 11.7. The average molecular weight is 333 g/mol. The third kappa shape index (κ3) is 7.10. The maximum atomic E-state index is 12.1. The molecule has 2 amide bonds. The molecule has 1 rings (SSSR count). The molecule has 1 unspecified atom stereocenters. The molecule has 0 aliphatic carbocycles. The molecule has 0 radical (unpaired) electrons. The van der Waals surface area contributed by atoms with Gasteiger partial charge in [-0.25, -0.2) is 8.42 Å². The van der Waals surface area contributed by atoms with E-state index >= 15 is 0 Å². The third-order valence-electron chi connectivity index (χ3n) is 2.58. The van der Waals surface area contributed by atoms with Crippen molar-refractivity contribution in [1.82, 2.24) is 5.32 Å². The summed E-state index contributed by atoms with van der Waals surface area (Å²) in [6, 6.07) is 5.54. The molecule has 1 aromatic carbocycles. The number of hydrogen-bond acceptors (Lipinski definition) is 4. The van der Waals surface area contributed by atoms with Crippen molar-refractivity contribution in [3.8, 4) is 0 Å². The van der Waals surface area contributed by atoms with E-state index in [4.69, 9.17) is 11.6 Å². The van der Waals surface area contributed by atoms with Crippen LogP contribution in [0, 0.1) is 0 Å². The van der Waals surface area contributed by atoms with Crippen LogP contribution in [-0.4, -0.2) is 38.3 Å². The molecule has 0 aliphatic heterocycles. The molecule has 0 aromatic heterocycles. The Balaban J connectivity index is 2.74. The van der Waals surface area contributed by atoms with Gasteiger partial charge >= 0.3 is 0 Å². The Morgan fingerprint density at radius 3 is 2.29 bits per heavy atom. The van der Waals surface area contributed by atoms with Crippen molar-refractivity contribution in [2.75, 3.05) is 17.3 Å². The molecule has 6 nitrogen and oxygen atoms in total. The highest BCUT2D eigenvalue weighted by molar-refractivity contribution is 7.90. The molecule has 0 bridgehead atoms. The second kappa shape index (κ2) is 7.42. The minimum absolute atomic E-state index is 0.0117. The maximum Gasteiger partial charge on any atom is 0.246 e. The fraction of sp³-hybridized carbons (Fsp3) is 0.385. The molecule has 0 saturated heterocycles. The van der Waals surface area contributed by atoms with Gasteiger partial charge in [0.1, 0.15) is 15.9 Å². The van der Waals surface area contributed by atoms with Gasteiger partial charge in [-0.05, 0) is 30.7 Å². The summed E-state index contributed by atoms with van der Waals surface area (Å²) in [7, 11) is -3.22. The van der Waals surface area contributed by atoms with Gasteiger partial charge in [-0.2, -0.15) is 0 Å². The van der Waals surface area contributed by atoms with E-state index in [0.29, 0.717) is 10.7 Å². The van der Waals surface area contributed by atoms with Crippen LogP contribution in [0.15, 0.2) is 24.3 Å². The molecule has 0 aliphatic rings. The first-order valence-corrected chi connectivity index (χ1v) is 8.62. The lowest BCUT2D eigenvalue weighted by molar-refractivity contribution is -0.125. The van der Waals surface area contributed by atoms with Crippen LogP contribution in [0.25, 0.3) is 0 Å². The fourth-order valence-electron chi connectivity index (χ4n) is 1.61. The molecule has 21 heavy (non-hydrogen) atoms. The minimum Gasteiger partial charge on any atom is -0.345 e. The summed E-state index contributed by atoms with van der Waals surface area (Å²) in [6.45, 7) is 1.27. The van der Waals surface area contributed by atoms with Gasteiger partial charge in [-0.3, -0.25) is 9.59 Å². The normalized spacial score (nSPS) is 12.5. The van der Waals surface area contributed by atoms with Gasteiger partial charge in [0.05, 0.1) is 5.75 Å². The Labute approximate surface area is 128 Å². The Bertz CT molecular complexity index is 614. The first kappa shape index (κ1) is 17.5. The topological polar surface area (TPSA) is 92.3 Å². The number of benzene rings is 1. The van der Waals surface area contributed by atoms with Gasteiger partial charge in [0.15, 0.2) is 0 Å². The zero-order chi connectivity index (χ0) is 16.0. The van der Waals surface area contributed by atoms with E-state index in [1.54, 1.807) is 24.3 Å². The zero-order valence-corrected chi connectivity index (χ0v) is 13.3. The van der Waals surface area contributed by atoms with E-state index < -0.39 is 27.7 Å². The Morgan fingerprint density at radius 2 is 1.81 bits per heavy atom. The van der Waals surface area contributed by atoms with E-state index in [9.17, 15) is 18.0 Å². The van der Waals surface area contributed by atoms with Gasteiger partial charge in [0.25, 0.3) is 0 Å². The first-order valence-electron chi connectivity index (χ1n) is 6.18. The molecule has 0 saturated carbocycles. The van der Waals surface area contributed by atoms with E-state index in [0.717, 1.165) is 6.26 Å². The predicted octanol–water partition coefficient (Wildman–Crippen LogP) is 1.22. The van der Waals surface area contributed by atoms with Crippen LogP contribution in [0.5, 0.6) is 0 Å². The van der Waals surface area contributed by atoms with Crippen molar-refractivity contribution in [3.05, 3.63) is 29.3 Å². The van der Waals surface area contributed by atoms with Crippen molar-refractivity contribution in [2.45, 2.75) is 19.4 Å². The molecule has 2 N–H and O–H groups in total. The summed E-state index contributed by atoms with van der Waals surface area (Å²) >= 11 is 5.74. The SMILES string of the molecule is CC(=O)NC(CCS(C)(=O)=O)C(=O)Nc1ccc(Cl)cc1. The summed E-state index contributed by atoms with van der Waals surface area (Å²) in [5, 5.41) is 5.58. The summed E-state index contributed by atoms with van der Waals surface area (Å²) in [6.07, 6.45) is 1.09. The van der Waals surface area contributed by atoms with Crippen LogP contribution < -0.4 is 10.6 Å². The molecule has 1 aromatic rings. The molecule has 8 heteroatoms. The molecule has 0 heterocycles. The minimum atomic E-state index is -3.22. The van der Waals surface area contributed by atoms with Crippen molar-refractivity contribution in [2.24, 2.45) is 0 Å². The van der Waals surface area contributed by atoms with Crippen LogP contribution in [-0.2, 0) is 19.4 Å². The van der Waals surface area contributed by atoms with Crippen LogP contribution in [0.4, 0.5) is 5.69 Å². The smallest absolute Gasteiger partial charge is 0.246 e. The number of sulfone groups is 1. The van der Waals surface area contributed by atoms with Crippen molar-refractivity contribution >= 4 is 38.9 Å². The summed E-state index contributed by atoms with van der Waals surface area (Å²) in [5.41, 5.74) is 0.513. The third-order valence-corrected chi connectivity index (χ3v) is 3.81. The Hall–Kier alpha value is -1.60. The Kier molecular flexibility index (Phi) is 6.17. The highest BCUT2D eigenvalue weighted by atomic mass is 35.5. The highest BCUT2D eigenvalue weighted by Gasteiger charge is 2.21. The number of rotatable bonds is 6. The lowest BCUT2D eigenvalue weighted by atomic mass is 10.2. The van der Waals surface area contributed by atoms with Crippen LogP contribution in [0.1, 0.15) is 13.3 Å². The predicted molar refractivity (Wildman–Crippen MR) is 82.0 cm³/mol. The van der Waals surface area contributed by atoms with Crippen molar-refractivity contribution < 1.29 is 18.0 Å². The lowest BCUT2D eigenvalue weighted by Crippen LogP contribution is -2.43. The number of carbonyl (C=O) groups is 2. The number of anilines is 1. The van der Waals surface area contributed by atoms with Gasteiger partial charge in [0.2, 0.25) is 11.8 Å². The van der Waals surface area contributed by atoms with Gasteiger partial charge in [-0.15, -0.1) is 0 Å². The number of amides is 2. The maximum absolute atomic E-state index is 12.1. The first-order chi connectivity index (χ1) is 9.67. The van der Waals surface area contributed by atoms with Crippen molar-refractivity contribution in [1.29, 1.82) is 0 Å². The molecule has 0 fully saturated rings. The molecular formula is C13H17ClN2O4S. The number of hydrogen-bond donors (Lipinski definition) is 2. The standard InChI is InChI=1S/C13H17ClN2O4S/c1-9(17)15-12(7-8-21(2,19)20)13(18)16-11-5-3-10(14)4-6-11/h3-6,12H,7-8H2,1-2H3,(H,15,17)(H,16,18). The van der Waals surface area contributed by atoms with E-state index in [1.165, 1.54) is 6.92 Å². The second-order valence-corrected chi connectivity index (χ2v) is 7.36. The number of carbonyl (C=O) groups excluding carboxylic acids is 2. The Morgan fingerprint density at radius 1 is 1.24 bits per heavy atom. The summed E-state index contributed by atoms with van der Waals surface area (Å²) < 4.78 is 22.4. The molecular weight excluding hydrogens is 316 g/mol. The molecule has 1 atom stereocenters.